The predicted octanol–water partition coefficient (Wildman–Crippen LogP) is 4.43. The molecule has 1 aliphatic heterocycles. The van der Waals surface area contributed by atoms with E-state index in [1.54, 1.807) is 6.33 Å². The third kappa shape index (κ3) is 4.40. The molecule has 1 saturated carbocycles. The van der Waals surface area contributed by atoms with Crippen LogP contribution in [0.3, 0.4) is 0 Å². The molecule has 36 heavy (non-hydrogen) atoms. The number of hydrogen-bond acceptors (Lipinski definition) is 6. The summed E-state index contributed by atoms with van der Waals surface area (Å²) >= 11 is 0. The minimum Gasteiger partial charge on any atom is -0.457 e. The second-order valence-corrected chi connectivity index (χ2v) is 9.65. The van der Waals surface area contributed by atoms with Gasteiger partial charge >= 0.3 is 0 Å². The lowest BCUT2D eigenvalue weighted by atomic mass is 9.90. The molecule has 8 nitrogen and oxygen atoms in total. The molecule has 4 N–H and O–H groups in total. The number of hydrogen-bond donors (Lipinski definition) is 3. The van der Waals surface area contributed by atoms with Crippen LogP contribution < -0.4 is 21.1 Å². The first-order chi connectivity index (χ1) is 17.7. The van der Waals surface area contributed by atoms with Crippen LogP contribution in [0.2, 0.25) is 0 Å². The Morgan fingerprint density at radius 1 is 0.944 bits per heavy atom. The molecule has 0 unspecified atom stereocenters. The van der Waals surface area contributed by atoms with Crippen molar-refractivity contribution in [2.75, 3.05) is 12.3 Å². The molecule has 2 fully saturated rings. The van der Waals surface area contributed by atoms with Crippen molar-refractivity contribution in [3.63, 3.8) is 0 Å². The summed E-state index contributed by atoms with van der Waals surface area (Å²) in [4.78, 5) is 20.9. The molecule has 2 aliphatic rings. The highest BCUT2D eigenvalue weighted by atomic mass is 16.5. The number of para-hydroxylation sites is 1. The van der Waals surface area contributed by atoms with E-state index in [0.29, 0.717) is 17.9 Å². The van der Waals surface area contributed by atoms with Crippen LogP contribution >= 0.6 is 0 Å². The molecular weight excluding hydrogens is 452 g/mol. The van der Waals surface area contributed by atoms with Crippen molar-refractivity contribution < 1.29 is 9.53 Å². The molecule has 1 atom stereocenters. The quantitative estimate of drug-likeness (QED) is 0.375. The van der Waals surface area contributed by atoms with Gasteiger partial charge in [-0.15, -0.1) is 0 Å². The SMILES string of the molecule is Nc1ncnc2c1c(-c1ccc(Oc3ccccc3)cc1)cn2[C@H]1CC[C@H](N[C@H]2CCNC2=O)CC1. The Morgan fingerprint density at radius 2 is 1.69 bits per heavy atom. The number of aromatic nitrogens is 3. The number of benzene rings is 2. The molecule has 0 bridgehead atoms. The van der Waals surface area contributed by atoms with Gasteiger partial charge in [-0.25, -0.2) is 9.97 Å². The summed E-state index contributed by atoms with van der Waals surface area (Å²) in [7, 11) is 0. The first-order valence-corrected chi connectivity index (χ1v) is 12.6. The number of rotatable bonds is 6. The first-order valence-electron chi connectivity index (χ1n) is 12.6. The van der Waals surface area contributed by atoms with E-state index in [9.17, 15) is 4.79 Å². The second-order valence-electron chi connectivity index (χ2n) is 9.65. The maximum absolute atomic E-state index is 12.0. The Balaban J connectivity index is 1.23. The van der Waals surface area contributed by atoms with Gasteiger partial charge in [-0.1, -0.05) is 30.3 Å². The van der Waals surface area contributed by atoms with E-state index in [2.05, 4.69) is 43.5 Å². The number of amides is 1. The van der Waals surface area contributed by atoms with Crippen molar-refractivity contribution in [1.82, 2.24) is 25.2 Å². The van der Waals surface area contributed by atoms with E-state index in [0.717, 1.165) is 72.3 Å². The molecule has 2 aromatic heterocycles. The van der Waals surface area contributed by atoms with Gasteiger partial charge in [-0.2, -0.15) is 0 Å². The lowest BCUT2D eigenvalue weighted by Gasteiger charge is -2.31. The average Bonchev–Trinajstić information content (AvgIpc) is 3.50. The van der Waals surface area contributed by atoms with Crippen molar-refractivity contribution in [3.8, 4) is 22.6 Å². The van der Waals surface area contributed by atoms with Gasteiger partial charge in [-0.3, -0.25) is 4.79 Å². The number of nitrogens with one attached hydrogen (secondary N) is 2. The van der Waals surface area contributed by atoms with E-state index >= 15 is 0 Å². The summed E-state index contributed by atoms with van der Waals surface area (Å²) in [6.07, 6.45) is 8.67. The van der Waals surface area contributed by atoms with E-state index in [4.69, 9.17) is 10.5 Å². The fourth-order valence-electron chi connectivity index (χ4n) is 5.49. The summed E-state index contributed by atoms with van der Waals surface area (Å²) in [5.41, 5.74) is 9.30. The number of anilines is 1. The van der Waals surface area contributed by atoms with Crippen molar-refractivity contribution in [2.45, 2.75) is 50.2 Å². The Morgan fingerprint density at radius 3 is 2.42 bits per heavy atom. The van der Waals surface area contributed by atoms with Crippen molar-refractivity contribution >= 4 is 22.8 Å². The van der Waals surface area contributed by atoms with Crippen LogP contribution in [0.15, 0.2) is 67.1 Å². The van der Waals surface area contributed by atoms with Gasteiger partial charge in [0.1, 0.15) is 29.3 Å². The lowest BCUT2D eigenvalue weighted by Crippen LogP contribution is -2.44. The lowest BCUT2D eigenvalue weighted by molar-refractivity contribution is -0.121. The van der Waals surface area contributed by atoms with Crippen LogP contribution in [0, 0.1) is 0 Å². The number of nitrogens with zero attached hydrogens (tertiary/aromatic N) is 3. The molecule has 1 saturated heterocycles. The molecular formula is C28H30N6O2. The molecule has 8 heteroatoms. The van der Waals surface area contributed by atoms with Crippen LogP contribution in [0.25, 0.3) is 22.2 Å². The number of ether oxygens (including phenoxy) is 1. The third-order valence-electron chi connectivity index (χ3n) is 7.36. The molecule has 1 aliphatic carbocycles. The van der Waals surface area contributed by atoms with Gasteiger partial charge in [-0.05, 0) is 61.9 Å². The monoisotopic (exact) mass is 482 g/mol. The second kappa shape index (κ2) is 9.62. The van der Waals surface area contributed by atoms with Crippen LogP contribution in [-0.2, 0) is 4.79 Å². The van der Waals surface area contributed by atoms with Gasteiger partial charge in [0.05, 0.1) is 11.4 Å². The van der Waals surface area contributed by atoms with E-state index in [-0.39, 0.29) is 11.9 Å². The molecule has 4 aromatic rings. The van der Waals surface area contributed by atoms with Crippen LogP contribution in [0.1, 0.15) is 38.1 Å². The molecule has 2 aromatic carbocycles. The number of carbonyl (C=O) groups excluding carboxylic acids is 1. The number of nitrogens with two attached hydrogens (primary N) is 1. The van der Waals surface area contributed by atoms with E-state index in [1.807, 2.05) is 42.5 Å². The molecule has 0 spiro atoms. The summed E-state index contributed by atoms with van der Waals surface area (Å²) in [6, 6.07) is 18.4. The number of carbonyl (C=O) groups is 1. The number of fused-ring (bicyclic) bond motifs is 1. The zero-order valence-electron chi connectivity index (χ0n) is 20.1. The van der Waals surface area contributed by atoms with Gasteiger partial charge in [0.15, 0.2) is 0 Å². The Hall–Kier alpha value is -3.91. The smallest absolute Gasteiger partial charge is 0.237 e. The zero-order valence-corrected chi connectivity index (χ0v) is 20.1. The summed E-state index contributed by atoms with van der Waals surface area (Å²) < 4.78 is 8.23. The average molecular weight is 483 g/mol. The molecule has 0 radical (unpaired) electrons. The number of nitrogen functional groups attached to an aromatic ring is 1. The van der Waals surface area contributed by atoms with Crippen molar-refractivity contribution in [3.05, 3.63) is 67.1 Å². The van der Waals surface area contributed by atoms with E-state index < -0.39 is 0 Å². The summed E-state index contributed by atoms with van der Waals surface area (Å²) in [5.74, 6) is 2.20. The predicted molar refractivity (Wildman–Crippen MR) is 140 cm³/mol. The summed E-state index contributed by atoms with van der Waals surface area (Å²) in [5, 5.41) is 7.36. The highest BCUT2D eigenvalue weighted by Gasteiger charge is 2.30. The topological polar surface area (TPSA) is 107 Å². The third-order valence-corrected chi connectivity index (χ3v) is 7.36. The first kappa shape index (κ1) is 22.5. The molecule has 6 rings (SSSR count). The Bertz CT molecular complexity index is 1360. The summed E-state index contributed by atoms with van der Waals surface area (Å²) in [6.45, 7) is 0.768. The standard InChI is InChI=1S/C28H30N6O2/c29-26-25-23(18-6-12-22(13-7-18)36-21-4-2-1-3-5-21)16-34(27(25)32-17-31-26)20-10-8-19(9-11-20)33-24-14-15-30-28(24)35/h1-7,12-13,16-17,19-20,24,33H,8-11,14-15H2,(H,30,35)(H2,29,31,32)/t19-,20-,24-/m0/s1. The maximum atomic E-state index is 12.0. The van der Waals surface area contributed by atoms with Gasteiger partial charge < -0.3 is 25.7 Å². The highest BCUT2D eigenvalue weighted by Crippen LogP contribution is 2.38. The largest absolute Gasteiger partial charge is 0.457 e. The van der Waals surface area contributed by atoms with Gasteiger partial charge in [0, 0.05) is 30.4 Å². The Labute approximate surface area is 209 Å². The van der Waals surface area contributed by atoms with E-state index in [1.165, 1.54) is 0 Å². The fraction of sp³-hybridized carbons (Fsp3) is 0.321. The fourth-order valence-corrected chi connectivity index (χ4v) is 5.49. The maximum Gasteiger partial charge on any atom is 0.237 e. The Kier molecular flexibility index (Phi) is 6.03. The molecule has 1 amide bonds. The highest BCUT2D eigenvalue weighted by molar-refractivity contribution is 6.00. The minimum atomic E-state index is -0.0491. The van der Waals surface area contributed by atoms with Gasteiger partial charge in [0.25, 0.3) is 0 Å². The van der Waals surface area contributed by atoms with Crippen molar-refractivity contribution in [2.24, 2.45) is 0 Å². The van der Waals surface area contributed by atoms with Crippen molar-refractivity contribution in [1.29, 1.82) is 0 Å². The zero-order chi connectivity index (χ0) is 24.5. The van der Waals surface area contributed by atoms with Crippen LogP contribution in [0.4, 0.5) is 5.82 Å². The van der Waals surface area contributed by atoms with Crippen LogP contribution in [-0.4, -0.2) is 39.1 Å². The van der Waals surface area contributed by atoms with Gasteiger partial charge in [0.2, 0.25) is 5.91 Å². The molecule has 184 valence electrons. The normalized spacial score (nSPS) is 22.0. The minimum absolute atomic E-state index is 0.0491. The van der Waals surface area contributed by atoms with Crippen LogP contribution in [0.5, 0.6) is 11.5 Å². The molecule has 3 heterocycles.